The fourth-order valence-corrected chi connectivity index (χ4v) is 2.81. The lowest BCUT2D eigenvalue weighted by molar-refractivity contribution is 0.925. The SMILES string of the molecule is Cc1ccccc1C(CN)Sc1ccccn1. The van der Waals surface area contributed by atoms with E-state index in [1.54, 1.807) is 11.8 Å². The first kappa shape index (κ1) is 12.1. The largest absolute Gasteiger partial charge is 0.329 e. The molecule has 1 atom stereocenters. The molecule has 1 heterocycles. The molecule has 0 saturated carbocycles. The minimum Gasteiger partial charge on any atom is -0.329 e. The standard InChI is InChI=1S/C14H16N2S/c1-11-6-2-3-7-12(11)13(10-15)17-14-8-4-5-9-16-14/h2-9,13H,10,15H2,1H3. The maximum atomic E-state index is 5.87. The quantitative estimate of drug-likeness (QED) is 0.840. The van der Waals surface area contributed by atoms with Crippen molar-refractivity contribution in [3.63, 3.8) is 0 Å². The molecule has 3 heteroatoms. The van der Waals surface area contributed by atoms with Crippen molar-refractivity contribution in [3.8, 4) is 0 Å². The number of hydrogen-bond acceptors (Lipinski definition) is 3. The van der Waals surface area contributed by atoms with Crippen LogP contribution in [0.15, 0.2) is 53.7 Å². The molecule has 0 amide bonds. The molecule has 0 spiro atoms. The number of benzene rings is 1. The smallest absolute Gasteiger partial charge is 0.0966 e. The number of hydrogen-bond donors (Lipinski definition) is 1. The minimum absolute atomic E-state index is 0.270. The van der Waals surface area contributed by atoms with E-state index in [-0.39, 0.29) is 5.25 Å². The van der Waals surface area contributed by atoms with E-state index in [1.807, 2.05) is 24.4 Å². The van der Waals surface area contributed by atoms with E-state index in [9.17, 15) is 0 Å². The van der Waals surface area contributed by atoms with Crippen LogP contribution in [0.25, 0.3) is 0 Å². The molecule has 2 aromatic rings. The highest BCUT2D eigenvalue weighted by Gasteiger charge is 2.13. The first-order valence-electron chi connectivity index (χ1n) is 5.64. The van der Waals surface area contributed by atoms with Crippen LogP contribution in [0.1, 0.15) is 16.4 Å². The maximum Gasteiger partial charge on any atom is 0.0966 e. The van der Waals surface area contributed by atoms with E-state index in [2.05, 4.69) is 36.2 Å². The summed E-state index contributed by atoms with van der Waals surface area (Å²) in [5.74, 6) is 0. The molecule has 2 nitrogen and oxygen atoms in total. The second kappa shape index (κ2) is 5.84. The minimum atomic E-state index is 0.270. The van der Waals surface area contributed by atoms with Gasteiger partial charge in [-0.25, -0.2) is 4.98 Å². The van der Waals surface area contributed by atoms with E-state index < -0.39 is 0 Å². The van der Waals surface area contributed by atoms with Crippen molar-refractivity contribution in [2.75, 3.05) is 6.54 Å². The van der Waals surface area contributed by atoms with Gasteiger partial charge in [0, 0.05) is 18.0 Å². The summed E-state index contributed by atoms with van der Waals surface area (Å²) in [5, 5.41) is 1.29. The molecular weight excluding hydrogens is 228 g/mol. The van der Waals surface area contributed by atoms with Crippen molar-refractivity contribution < 1.29 is 0 Å². The highest BCUT2D eigenvalue weighted by Crippen LogP contribution is 2.34. The van der Waals surface area contributed by atoms with E-state index in [1.165, 1.54) is 11.1 Å². The molecule has 0 saturated heterocycles. The van der Waals surface area contributed by atoms with Gasteiger partial charge >= 0.3 is 0 Å². The van der Waals surface area contributed by atoms with Gasteiger partial charge in [0.25, 0.3) is 0 Å². The van der Waals surface area contributed by atoms with Gasteiger partial charge < -0.3 is 5.73 Å². The van der Waals surface area contributed by atoms with Gasteiger partial charge in [0.2, 0.25) is 0 Å². The highest BCUT2D eigenvalue weighted by molar-refractivity contribution is 7.99. The first-order chi connectivity index (χ1) is 8.31. The van der Waals surface area contributed by atoms with E-state index in [4.69, 9.17) is 5.73 Å². The summed E-state index contributed by atoms with van der Waals surface area (Å²) in [6.07, 6.45) is 1.81. The maximum absolute atomic E-state index is 5.87. The second-order valence-corrected chi connectivity index (χ2v) is 5.09. The zero-order valence-corrected chi connectivity index (χ0v) is 10.7. The van der Waals surface area contributed by atoms with Crippen LogP contribution in [0.3, 0.4) is 0 Å². The van der Waals surface area contributed by atoms with E-state index >= 15 is 0 Å². The topological polar surface area (TPSA) is 38.9 Å². The molecule has 17 heavy (non-hydrogen) atoms. The van der Waals surface area contributed by atoms with Crippen LogP contribution in [-0.4, -0.2) is 11.5 Å². The number of aryl methyl sites for hydroxylation is 1. The Morgan fingerprint density at radius 3 is 2.59 bits per heavy atom. The Balaban J connectivity index is 2.21. The van der Waals surface area contributed by atoms with Gasteiger partial charge in [0.05, 0.1) is 5.03 Å². The Bertz CT molecular complexity index is 471. The monoisotopic (exact) mass is 244 g/mol. The molecule has 0 fully saturated rings. The van der Waals surface area contributed by atoms with Gasteiger partial charge in [-0.15, -0.1) is 0 Å². The molecule has 2 rings (SSSR count). The van der Waals surface area contributed by atoms with Gasteiger partial charge in [0.1, 0.15) is 0 Å². The zero-order chi connectivity index (χ0) is 12.1. The summed E-state index contributed by atoms with van der Waals surface area (Å²) in [6, 6.07) is 14.3. The Hall–Kier alpha value is -1.32. The molecule has 0 aliphatic carbocycles. The van der Waals surface area contributed by atoms with Crippen LogP contribution in [0.4, 0.5) is 0 Å². The summed E-state index contributed by atoms with van der Waals surface area (Å²) in [5.41, 5.74) is 8.45. The Morgan fingerprint density at radius 2 is 1.94 bits per heavy atom. The van der Waals surface area contributed by atoms with Crippen molar-refractivity contribution in [3.05, 3.63) is 59.8 Å². The first-order valence-corrected chi connectivity index (χ1v) is 6.52. The summed E-state index contributed by atoms with van der Waals surface area (Å²) in [4.78, 5) is 4.33. The van der Waals surface area contributed by atoms with Crippen LogP contribution >= 0.6 is 11.8 Å². The molecule has 0 bridgehead atoms. The van der Waals surface area contributed by atoms with Gasteiger partial charge in [-0.05, 0) is 30.2 Å². The molecule has 0 aliphatic rings. The van der Waals surface area contributed by atoms with Gasteiger partial charge in [-0.2, -0.15) is 0 Å². The molecule has 1 aromatic carbocycles. The molecular formula is C14H16N2S. The molecule has 2 N–H and O–H groups in total. The van der Waals surface area contributed by atoms with Crippen LogP contribution in [0.5, 0.6) is 0 Å². The highest BCUT2D eigenvalue weighted by atomic mass is 32.2. The average Bonchev–Trinajstić information content (AvgIpc) is 2.38. The summed E-state index contributed by atoms with van der Waals surface area (Å²) < 4.78 is 0. The van der Waals surface area contributed by atoms with Crippen LogP contribution in [0, 0.1) is 6.92 Å². The van der Waals surface area contributed by atoms with E-state index in [0.717, 1.165) is 5.03 Å². The Morgan fingerprint density at radius 1 is 1.18 bits per heavy atom. The third-order valence-electron chi connectivity index (χ3n) is 2.65. The van der Waals surface area contributed by atoms with Gasteiger partial charge in [0.15, 0.2) is 0 Å². The second-order valence-electron chi connectivity index (χ2n) is 3.87. The summed E-state index contributed by atoms with van der Waals surface area (Å²) in [7, 11) is 0. The normalized spacial score (nSPS) is 12.4. The predicted molar refractivity (Wildman–Crippen MR) is 73.1 cm³/mol. The Labute approximate surface area is 106 Å². The average molecular weight is 244 g/mol. The third-order valence-corrected chi connectivity index (χ3v) is 3.86. The fourth-order valence-electron chi connectivity index (χ4n) is 1.75. The van der Waals surface area contributed by atoms with Crippen molar-refractivity contribution >= 4 is 11.8 Å². The van der Waals surface area contributed by atoms with Crippen molar-refractivity contribution in [1.29, 1.82) is 0 Å². The fraction of sp³-hybridized carbons (Fsp3) is 0.214. The van der Waals surface area contributed by atoms with Crippen LogP contribution in [0.2, 0.25) is 0 Å². The van der Waals surface area contributed by atoms with Crippen molar-refractivity contribution in [2.24, 2.45) is 5.73 Å². The van der Waals surface area contributed by atoms with Crippen LogP contribution < -0.4 is 5.73 Å². The van der Waals surface area contributed by atoms with E-state index in [0.29, 0.717) is 6.54 Å². The third kappa shape index (κ3) is 3.08. The molecule has 88 valence electrons. The van der Waals surface area contributed by atoms with Crippen molar-refractivity contribution in [1.82, 2.24) is 4.98 Å². The summed E-state index contributed by atoms with van der Waals surface area (Å²) in [6.45, 7) is 2.74. The number of nitrogens with two attached hydrogens (primary N) is 1. The zero-order valence-electron chi connectivity index (χ0n) is 9.84. The van der Waals surface area contributed by atoms with Gasteiger partial charge in [-0.1, -0.05) is 42.1 Å². The lowest BCUT2D eigenvalue weighted by Gasteiger charge is -2.16. The predicted octanol–water partition coefficient (Wildman–Crippen LogP) is 3.18. The number of pyridine rings is 1. The number of aromatic nitrogens is 1. The molecule has 1 aromatic heterocycles. The molecule has 0 aliphatic heterocycles. The number of nitrogens with zero attached hydrogens (tertiary/aromatic N) is 1. The Kier molecular flexibility index (Phi) is 4.18. The molecule has 1 unspecified atom stereocenters. The summed E-state index contributed by atoms with van der Waals surface area (Å²) >= 11 is 1.72. The number of thioether (sulfide) groups is 1. The van der Waals surface area contributed by atoms with Crippen LogP contribution in [-0.2, 0) is 0 Å². The van der Waals surface area contributed by atoms with Gasteiger partial charge in [-0.3, -0.25) is 0 Å². The lowest BCUT2D eigenvalue weighted by Crippen LogP contribution is -2.10. The molecule has 0 radical (unpaired) electrons. The van der Waals surface area contributed by atoms with Crippen molar-refractivity contribution in [2.45, 2.75) is 17.2 Å². The lowest BCUT2D eigenvalue weighted by atomic mass is 10.1. The number of rotatable bonds is 4.